The minimum Gasteiger partial charge on any atom is -0.356 e. The second-order valence-electron chi connectivity index (χ2n) is 7.19. The fraction of sp³-hybridized carbons (Fsp3) is 0.364. The summed E-state index contributed by atoms with van der Waals surface area (Å²) < 4.78 is 0. The highest BCUT2D eigenvalue weighted by molar-refractivity contribution is 5.99. The van der Waals surface area contributed by atoms with Gasteiger partial charge in [-0.25, -0.2) is 0 Å². The Morgan fingerprint density at radius 2 is 1.62 bits per heavy atom. The number of hydrogen-bond acceptors (Lipinski definition) is 2. The summed E-state index contributed by atoms with van der Waals surface area (Å²) in [6.45, 7) is 4.66. The molecule has 3 rings (SSSR count). The Hall–Kier alpha value is -2.62. The molecule has 2 amide bonds. The van der Waals surface area contributed by atoms with Gasteiger partial charge in [-0.05, 0) is 61.9 Å². The highest BCUT2D eigenvalue weighted by Gasteiger charge is 2.47. The minimum atomic E-state index is -0.204. The molecule has 1 aliphatic carbocycles. The molecule has 0 radical (unpaired) electrons. The van der Waals surface area contributed by atoms with Gasteiger partial charge in [-0.1, -0.05) is 36.4 Å². The summed E-state index contributed by atoms with van der Waals surface area (Å²) in [6, 6.07) is 16.2. The summed E-state index contributed by atoms with van der Waals surface area (Å²) in [6.07, 6.45) is 2.49. The smallest absolute Gasteiger partial charge is 0.228 e. The van der Waals surface area contributed by atoms with Crippen LogP contribution in [0.3, 0.4) is 0 Å². The zero-order valence-corrected chi connectivity index (χ0v) is 15.4. The summed E-state index contributed by atoms with van der Waals surface area (Å²) in [5, 5.41) is 5.90. The van der Waals surface area contributed by atoms with Crippen molar-refractivity contribution in [1.29, 1.82) is 0 Å². The molecule has 2 N–H and O–H groups in total. The van der Waals surface area contributed by atoms with Gasteiger partial charge in [0, 0.05) is 12.2 Å². The molecule has 136 valence electrons. The predicted octanol–water partition coefficient (Wildman–Crippen LogP) is 3.63. The Labute approximate surface area is 155 Å². The molecule has 2 aromatic rings. The Bertz CT molecular complexity index is 766. The monoisotopic (exact) mass is 350 g/mol. The molecule has 0 aliphatic heterocycles. The Kier molecular flexibility index (Phi) is 5.71. The van der Waals surface area contributed by atoms with E-state index in [-0.39, 0.29) is 23.7 Å². The molecule has 0 spiro atoms. The Balaban J connectivity index is 1.40. The van der Waals surface area contributed by atoms with E-state index in [1.807, 2.05) is 44.2 Å². The van der Waals surface area contributed by atoms with Crippen molar-refractivity contribution in [2.75, 3.05) is 11.9 Å². The van der Waals surface area contributed by atoms with Crippen LogP contribution in [0.25, 0.3) is 0 Å². The summed E-state index contributed by atoms with van der Waals surface area (Å²) in [7, 11) is 0. The Morgan fingerprint density at radius 1 is 0.962 bits per heavy atom. The molecule has 0 bridgehead atoms. The van der Waals surface area contributed by atoms with Crippen LogP contribution >= 0.6 is 0 Å². The fourth-order valence-corrected chi connectivity index (χ4v) is 3.34. The minimum absolute atomic E-state index is 0.00126. The number of carbonyl (C=O) groups is 2. The van der Waals surface area contributed by atoms with Crippen molar-refractivity contribution in [3.8, 4) is 0 Å². The van der Waals surface area contributed by atoms with Crippen LogP contribution in [-0.4, -0.2) is 18.4 Å². The molecular weight excluding hydrogens is 324 g/mol. The number of aryl methyl sites for hydroxylation is 3. The second kappa shape index (κ2) is 8.17. The van der Waals surface area contributed by atoms with E-state index in [4.69, 9.17) is 0 Å². The van der Waals surface area contributed by atoms with E-state index in [1.54, 1.807) is 0 Å². The molecule has 0 saturated heterocycles. The van der Waals surface area contributed by atoms with Gasteiger partial charge in [-0.15, -0.1) is 0 Å². The molecule has 0 heterocycles. The van der Waals surface area contributed by atoms with E-state index in [0.717, 1.165) is 29.7 Å². The standard InChI is InChI=1S/C22H26N2O2/c1-15-11-16(2)13-18(12-15)24-22(26)20-14-19(20)21(25)23-10-6-9-17-7-4-3-5-8-17/h3-5,7-8,11-13,19-20H,6,9-10,14H2,1-2H3,(H,23,25)(H,24,26). The lowest BCUT2D eigenvalue weighted by atomic mass is 10.1. The molecule has 26 heavy (non-hydrogen) atoms. The molecule has 0 aromatic heterocycles. The third kappa shape index (κ3) is 4.94. The van der Waals surface area contributed by atoms with E-state index in [9.17, 15) is 9.59 Å². The average molecular weight is 350 g/mol. The molecule has 1 aliphatic rings. The lowest BCUT2D eigenvalue weighted by Gasteiger charge is -2.08. The maximum absolute atomic E-state index is 12.3. The van der Waals surface area contributed by atoms with Crippen LogP contribution in [0.4, 0.5) is 5.69 Å². The van der Waals surface area contributed by atoms with Crippen molar-refractivity contribution >= 4 is 17.5 Å². The molecular formula is C22H26N2O2. The number of rotatable bonds is 7. The molecule has 2 aromatic carbocycles. The molecule has 2 unspecified atom stereocenters. The maximum atomic E-state index is 12.3. The van der Waals surface area contributed by atoms with Gasteiger partial charge in [0.25, 0.3) is 0 Å². The lowest BCUT2D eigenvalue weighted by Crippen LogP contribution is -2.28. The van der Waals surface area contributed by atoms with E-state index < -0.39 is 0 Å². The average Bonchev–Trinajstić information content (AvgIpc) is 3.39. The van der Waals surface area contributed by atoms with Crippen LogP contribution in [-0.2, 0) is 16.0 Å². The topological polar surface area (TPSA) is 58.2 Å². The zero-order chi connectivity index (χ0) is 18.5. The van der Waals surface area contributed by atoms with E-state index in [2.05, 4.69) is 28.8 Å². The normalized spacial score (nSPS) is 18.2. The van der Waals surface area contributed by atoms with Crippen molar-refractivity contribution in [3.63, 3.8) is 0 Å². The third-order valence-electron chi connectivity index (χ3n) is 4.74. The first kappa shape index (κ1) is 18.2. The van der Waals surface area contributed by atoms with Gasteiger partial charge in [-0.3, -0.25) is 9.59 Å². The van der Waals surface area contributed by atoms with Gasteiger partial charge in [0.2, 0.25) is 11.8 Å². The van der Waals surface area contributed by atoms with Gasteiger partial charge in [-0.2, -0.15) is 0 Å². The van der Waals surface area contributed by atoms with Crippen LogP contribution < -0.4 is 10.6 Å². The lowest BCUT2D eigenvalue weighted by molar-refractivity contribution is -0.125. The fourth-order valence-electron chi connectivity index (χ4n) is 3.34. The van der Waals surface area contributed by atoms with Gasteiger partial charge in [0.1, 0.15) is 0 Å². The van der Waals surface area contributed by atoms with E-state index in [1.165, 1.54) is 5.56 Å². The van der Waals surface area contributed by atoms with Crippen LogP contribution in [0.1, 0.15) is 29.5 Å². The zero-order valence-electron chi connectivity index (χ0n) is 15.4. The highest BCUT2D eigenvalue weighted by Crippen LogP contribution is 2.39. The largest absolute Gasteiger partial charge is 0.356 e. The second-order valence-corrected chi connectivity index (χ2v) is 7.19. The summed E-state index contributed by atoms with van der Waals surface area (Å²) >= 11 is 0. The van der Waals surface area contributed by atoms with Crippen molar-refractivity contribution in [3.05, 3.63) is 65.2 Å². The maximum Gasteiger partial charge on any atom is 0.228 e. The first-order valence-electron chi connectivity index (χ1n) is 9.24. The van der Waals surface area contributed by atoms with Crippen LogP contribution in [0, 0.1) is 25.7 Å². The number of carbonyl (C=O) groups excluding carboxylic acids is 2. The van der Waals surface area contributed by atoms with E-state index >= 15 is 0 Å². The van der Waals surface area contributed by atoms with E-state index in [0.29, 0.717) is 13.0 Å². The molecule has 4 nitrogen and oxygen atoms in total. The van der Waals surface area contributed by atoms with Crippen LogP contribution in [0.15, 0.2) is 48.5 Å². The number of anilines is 1. The Morgan fingerprint density at radius 3 is 2.31 bits per heavy atom. The van der Waals surface area contributed by atoms with Crippen molar-refractivity contribution in [2.45, 2.75) is 33.1 Å². The molecule has 4 heteroatoms. The summed E-state index contributed by atoms with van der Waals surface area (Å²) in [4.78, 5) is 24.5. The molecule has 1 fully saturated rings. The van der Waals surface area contributed by atoms with Gasteiger partial charge < -0.3 is 10.6 Å². The number of hydrogen-bond donors (Lipinski definition) is 2. The number of nitrogens with one attached hydrogen (secondary N) is 2. The molecule has 2 atom stereocenters. The van der Waals surface area contributed by atoms with Crippen molar-refractivity contribution in [1.82, 2.24) is 5.32 Å². The predicted molar refractivity (Wildman–Crippen MR) is 104 cm³/mol. The van der Waals surface area contributed by atoms with Crippen molar-refractivity contribution < 1.29 is 9.59 Å². The SMILES string of the molecule is Cc1cc(C)cc(NC(=O)C2CC2C(=O)NCCCc2ccccc2)c1. The molecule has 1 saturated carbocycles. The highest BCUT2D eigenvalue weighted by atomic mass is 16.2. The van der Waals surface area contributed by atoms with Crippen molar-refractivity contribution in [2.24, 2.45) is 11.8 Å². The number of benzene rings is 2. The summed E-state index contributed by atoms with van der Waals surface area (Å²) in [5.41, 5.74) is 4.31. The quantitative estimate of drug-likeness (QED) is 0.749. The van der Waals surface area contributed by atoms with Gasteiger partial charge >= 0.3 is 0 Å². The first-order valence-corrected chi connectivity index (χ1v) is 9.24. The summed E-state index contributed by atoms with van der Waals surface area (Å²) in [5.74, 6) is -0.444. The third-order valence-corrected chi connectivity index (χ3v) is 4.74. The van der Waals surface area contributed by atoms with Gasteiger partial charge in [0.15, 0.2) is 0 Å². The van der Waals surface area contributed by atoms with Crippen LogP contribution in [0.5, 0.6) is 0 Å². The van der Waals surface area contributed by atoms with Crippen LogP contribution in [0.2, 0.25) is 0 Å². The van der Waals surface area contributed by atoms with Gasteiger partial charge in [0.05, 0.1) is 11.8 Å². The first-order chi connectivity index (χ1) is 12.5. The number of amides is 2.